The minimum atomic E-state index is -3.44. The number of benzene rings is 1. The average molecular weight is 393 g/mol. The Balaban J connectivity index is 1.84. The number of hydrogen-bond acceptors (Lipinski definition) is 6. The third kappa shape index (κ3) is 3.09. The fraction of sp³-hybridized carbons (Fsp3) is 0.412. The van der Waals surface area contributed by atoms with Crippen molar-refractivity contribution in [1.29, 1.82) is 0 Å². The smallest absolute Gasteiger partial charge is 0.292 e. The van der Waals surface area contributed by atoms with Crippen LogP contribution in [0.15, 0.2) is 18.2 Å². The Hall–Kier alpha value is -2.75. The first-order valence-corrected chi connectivity index (χ1v) is 10.2. The van der Waals surface area contributed by atoms with E-state index in [1.807, 2.05) is 0 Å². The molecule has 0 saturated carbocycles. The molecule has 0 spiro atoms. The molecule has 0 N–H and O–H groups in total. The van der Waals surface area contributed by atoms with Gasteiger partial charge >= 0.3 is 17.8 Å². The van der Waals surface area contributed by atoms with E-state index >= 15 is 0 Å². The molecule has 27 heavy (non-hydrogen) atoms. The maximum atomic E-state index is 12.5. The second-order valence-corrected chi connectivity index (χ2v) is 8.46. The Bertz CT molecular complexity index is 971. The van der Waals surface area contributed by atoms with E-state index in [4.69, 9.17) is 0 Å². The number of likely N-dealkylation sites (N-methyl/N-ethyl adjacent to an activating group) is 1. The van der Waals surface area contributed by atoms with Crippen molar-refractivity contribution in [3.8, 4) is 0 Å². The summed E-state index contributed by atoms with van der Waals surface area (Å²) in [6, 6.07) is 3.51. The molecule has 0 aliphatic carbocycles. The monoisotopic (exact) mass is 393 g/mol. The lowest BCUT2D eigenvalue weighted by atomic mass is 10.0. The fourth-order valence-corrected chi connectivity index (χ4v) is 4.75. The molecular weight excluding hydrogens is 374 g/mol. The van der Waals surface area contributed by atoms with Crippen LogP contribution in [0.4, 0.5) is 10.5 Å². The van der Waals surface area contributed by atoms with E-state index in [0.29, 0.717) is 22.6 Å². The highest BCUT2D eigenvalue weighted by molar-refractivity contribution is 7.92. The molecule has 144 valence electrons. The molecule has 9 nitrogen and oxygen atoms in total. The summed E-state index contributed by atoms with van der Waals surface area (Å²) >= 11 is 0. The van der Waals surface area contributed by atoms with Crippen LogP contribution in [0.1, 0.15) is 29.8 Å². The van der Waals surface area contributed by atoms with Crippen molar-refractivity contribution < 1.29 is 27.6 Å². The SMILES string of the molecule is CCN1C(=O)C(=O)N(CC(=O)c2ccc3c(c2)C[C@H](C)N3S(C)(=O)=O)C1=O. The van der Waals surface area contributed by atoms with E-state index in [1.165, 1.54) is 10.4 Å². The maximum absolute atomic E-state index is 12.5. The Morgan fingerprint density at radius 2 is 1.78 bits per heavy atom. The Kier molecular flexibility index (Phi) is 4.54. The number of nitrogens with zero attached hydrogens (tertiary/aromatic N) is 3. The number of amides is 4. The first-order valence-electron chi connectivity index (χ1n) is 8.39. The summed E-state index contributed by atoms with van der Waals surface area (Å²) in [4.78, 5) is 49.7. The minimum Gasteiger partial charge on any atom is -0.292 e. The van der Waals surface area contributed by atoms with Gasteiger partial charge in [0.2, 0.25) is 10.0 Å². The van der Waals surface area contributed by atoms with Crippen molar-refractivity contribution in [3.63, 3.8) is 0 Å². The van der Waals surface area contributed by atoms with Crippen LogP contribution in [-0.4, -0.2) is 67.2 Å². The van der Waals surface area contributed by atoms with Crippen LogP contribution >= 0.6 is 0 Å². The summed E-state index contributed by atoms with van der Waals surface area (Å²) in [5.41, 5.74) is 1.46. The van der Waals surface area contributed by atoms with Gasteiger partial charge in [-0.1, -0.05) is 0 Å². The Morgan fingerprint density at radius 1 is 1.15 bits per heavy atom. The van der Waals surface area contributed by atoms with Gasteiger partial charge in [-0.25, -0.2) is 18.1 Å². The second kappa shape index (κ2) is 6.45. The number of ketones is 1. The standard InChI is InChI=1S/C17H19N3O6S/c1-4-18-15(22)16(23)19(17(18)24)9-14(21)11-5-6-13-12(8-11)7-10(2)20(13)27(3,25)26/h5-6,8,10H,4,7,9H2,1-3H3/t10-/m0/s1. The molecule has 2 aliphatic rings. The molecule has 2 aliphatic heterocycles. The van der Waals surface area contributed by atoms with Gasteiger partial charge in [-0.05, 0) is 44.0 Å². The summed E-state index contributed by atoms with van der Waals surface area (Å²) in [5.74, 6) is -2.47. The number of anilines is 1. The van der Waals surface area contributed by atoms with Crippen molar-refractivity contribution in [1.82, 2.24) is 9.80 Å². The van der Waals surface area contributed by atoms with Crippen molar-refractivity contribution in [2.75, 3.05) is 23.7 Å². The quantitative estimate of drug-likeness (QED) is 0.406. The largest absolute Gasteiger partial charge is 0.334 e. The van der Waals surface area contributed by atoms with E-state index in [0.717, 1.165) is 11.2 Å². The number of rotatable bonds is 5. The molecule has 1 fully saturated rings. The lowest BCUT2D eigenvalue weighted by molar-refractivity contribution is -0.143. The highest BCUT2D eigenvalue weighted by atomic mass is 32.2. The van der Waals surface area contributed by atoms with Crippen LogP contribution < -0.4 is 4.31 Å². The number of urea groups is 1. The van der Waals surface area contributed by atoms with Gasteiger partial charge < -0.3 is 0 Å². The summed E-state index contributed by atoms with van der Waals surface area (Å²) in [5, 5.41) is 0. The molecule has 1 atom stereocenters. The lowest BCUT2D eigenvalue weighted by Gasteiger charge is -2.22. The summed E-state index contributed by atoms with van der Waals surface area (Å²) in [6.45, 7) is 2.84. The lowest BCUT2D eigenvalue weighted by Crippen LogP contribution is -2.37. The number of carbonyl (C=O) groups excluding carboxylic acids is 4. The normalized spacial score (nSPS) is 19.9. The molecule has 0 unspecified atom stereocenters. The maximum Gasteiger partial charge on any atom is 0.334 e. The molecule has 4 amide bonds. The molecule has 10 heteroatoms. The van der Waals surface area contributed by atoms with Crippen LogP contribution in [0, 0.1) is 0 Å². The molecular formula is C17H19N3O6S. The first kappa shape index (κ1) is 19.0. The van der Waals surface area contributed by atoms with Gasteiger partial charge in [0, 0.05) is 18.2 Å². The van der Waals surface area contributed by atoms with E-state index < -0.39 is 40.2 Å². The molecule has 3 rings (SSSR count). The van der Waals surface area contributed by atoms with E-state index in [-0.39, 0.29) is 18.2 Å². The number of carbonyl (C=O) groups is 4. The van der Waals surface area contributed by atoms with E-state index in [2.05, 4.69) is 0 Å². The molecule has 0 aromatic heterocycles. The van der Waals surface area contributed by atoms with Gasteiger partial charge in [-0.2, -0.15) is 0 Å². The molecule has 2 heterocycles. The fourth-order valence-electron chi connectivity index (χ4n) is 3.49. The number of hydrogen-bond donors (Lipinski definition) is 0. The molecule has 1 saturated heterocycles. The van der Waals surface area contributed by atoms with Crippen molar-refractivity contribution >= 4 is 39.3 Å². The van der Waals surface area contributed by atoms with Crippen molar-refractivity contribution in [2.45, 2.75) is 26.3 Å². The zero-order valence-electron chi connectivity index (χ0n) is 15.1. The van der Waals surface area contributed by atoms with E-state index in [9.17, 15) is 27.6 Å². The van der Waals surface area contributed by atoms with Gasteiger partial charge in [0.25, 0.3) is 0 Å². The molecule has 0 radical (unpaired) electrons. The van der Waals surface area contributed by atoms with Gasteiger partial charge in [-0.15, -0.1) is 0 Å². The number of sulfonamides is 1. The van der Waals surface area contributed by atoms with Crippen molar-refractivity contribution in [3.05, 3.63) is 29.3 Å². The second-order valence-electron chi connectivity index (χ2n) is 6.60. The zero-order chi connectivity index (χ0) is 20.1. The van der Waals surface area contributed by atoms with E-state index in [1.54, 1.807) is 26.0 Å². The summed E-state index contributed by atoms with van der Waals surface area (Å²) in [7, 11) is -3.44. The van der Waals surface area contributed by atoms with Crippen LogP contribution in [0.2, 0.25) is 0 Å². The van der Waals surface area contributed by atoms with Crippen LogP contribution in [0.3, 0.4) is 0 Å². The summed E-state index contributed by atoms with van der Waals surface area (Å²) < 4.78 is 25.2. The first-order chi connectivity index (χ1) is 12.6. The summed E-state index contributed by atoms with van der Waals surface area (Å²) in [6.07, 6.45) is 1.58. The molecule has 1 aromatic carbocycles. The highest BCUT2D eigenvalue weighted by Gasteiger charge is 2.44. The number of Topliss-reactive ketones (excluding diaryl/α,β-unsaturated/α-hetero) is 1. The average Bonchev–Trinajstić information content (AvgIpc) is 3.02. The highest BCUT2D eigenvalue weighted by Crippen LogP contribution is 2.34. The molecule has 1 aromatic rings. The predicted molar refractivity (Wildman–Crippen MR) is 95.8 cm³/mol. The van der Waals surface area contributed by atoms with Crippen LogP contribution in [0.25, 0.3) is 0 Å². The predicted octanol–water partition coefficient (Wildman–Crippen LogP) is 0.391. The van der Waals surface area contributed by atoms with Crippen LogP contribution in [-0.2, 0) is 26.0 Å². The Morgan fingerprint density at radius 3 is 2.33 bits per heavy atom. The van der Waals surface area contributed by atoms with Gasteiger partial charge in [0.1, 0.15) is 0 Å². The molecule has 0 bridgehead atoms. The zero-order valence-corrected chi connectivity index (χ0v) is 15.9. The van der Waals surface area contributed by atoms with Gasteiger partial charge in [0.15, 0.2) is 5.78 Å². The van der Waals surface area contributed by atoms with Crippen LogP contribution in [0.5, 0.6) is 0 Å². The topological polar surface area (TPSA) is 112 Å². The third-order valence-electron chi connectivity index (χ3n) is 4.66. The Labute approximate surface area is 156 Å². The van der Waals surface area contributed by atoms with Gasteiger partial charge in [0.05, 0.1) is 18.5 Å². The van der Waals surface area contributed by atoms with Crippen molar-refractivity contribution in [2.24, 2.45) is 0 Å². The third-order valence-corrected chi connectivity index (χ3v) is 5.94. The number of fused-ring (bicyclic) bond motifs is 1. The number of imide groups is 2. The van der Waals surface area contributed by atoms with Gasteiger partial charge in [-0.3, -0.25) is 23.6 Å². The minimum absolute atomic E-state index is 0.0478.